The molecule has 0 saturated heterocycles. The van der Waals surface area contributed by atoms with Gasteiger partial charge in [0.2, 0.25) is 5.91 Å². The molecule has 0 saturated carbocycles. The number of fused-ring (bicyclic) bond motifs is 1. The number of para-hydroxylation sites is 1. The highest BCUT2D eigenvalue weighted by Crippen LogP contribution is 2.27. The molecule has 3 N–H and O–H groups in total. The third kappa shape index (κ3) is 4.06. The first-order chi connectivity index (χ1) is 14.9. The van der Waals surface area contributed by atoms with Crippen LogP contribution in [0.2, 0.25) is 0 Å². The zero-order valence-corrected chi connectivity index (χ0v) is 16.0. The Morgan fingerprint density at radius 3 is 2.55 bits per heavy atom. The molecule has 0 aliphatic carbocycles. The maximum absolute atomic E-state index is 12.1. The topological polar surface area (TPSA) is 131 Å². The van der Waals surface area contributed by atoms with Crippen LogP contribution in [-0.2, 0) is 4.79 Å². The van der Waals surface area contributed by atoms with E-state index < -0.39 is 4.92 Å². The van der Waals surface area contributed by atoms with E-state index in [-0.39, 0.29) is 28.7 Å². The van der Waals surface area contributed by atoms with E-state index in [2.05, 4.69) is 10.3 Å². The molecule has 0 spiro atoms. The average Bonchev–Trinajstić information content (AvgIpc) is 3.09. The summed E-state index contributed by atoms with van der Waals surface area (Å²) in [5.74, 6) is -0.0846. The zero-order valence-electron chi connectivity index (χ0n) is 16.0. The van der Waals surface area contributed by atoms with Gasteiger partial charge in [-0.15, -0.1) is 0 Å². The van der Waals surface area contributed by atoms with Crippen molar-refractivity contribution in [2.45, 2.75) is 0 Å². The van der Waals surface area contributed by atoms with E-state index in [1.807, 2.05) is 0 Å². The first-order valence-electron chi connectivity index (χ1n) is 9.16. The molecule has 0 fully saturated rings. The number of nitrogens with one attached hydrogen (secondary N) is 1. The van der Waals surface area contributed by atoms with Crippen LogP contribution in [0.4, 0.5) is 11.4 Å². The standard InChI is InChI=1S/C22H16N4O5/c27-20-4-2-1-3-14(20)7-12-21(28)23-16-8-5-15(6-9-16)22-24-18-11-10-17(26(30)31)13-19(18)25(22)29/h1-13,27,29H,(H,23,28). The number of phenolic OH excluding ortho intramolecular Hbond substituents is 1. The van der Waals surface area contributed by atoms with Crippen molar-refractivity contribution in [2.75, 3.05) is 5.32 Å². The fourth-order valence-corrected chi connectivity index (χ4v) is 3.03. The van der Waals surface area contributed by atoms with Crippen molar-refractivity contribution in [3.05, 3.63) is 88.5 Å². The van der Waals surface area contributed by atoms with E-state index >= 15 is 0 Å². The van der Waals surface area contributed by atoms with Crippen LogP contribution < -0.4 is 5.32 Å². The zero-order chi connectivity index (χ0) is 22.0. The van der Waals surface area contributed by atoms with Crippen LogP contribution >= 0.6 is 0 Å². The summed E-state index contributed by atoms with van der Waals surface area (Å²) in [4.78, 5) is 26.8. The predicted octanol–water partition coefficient (Wildman–Crippen LogP) is 4.21. The smallest absolute Gasteiger partial charge is 0.271 e. The predicted molar refractivity (Wildman–Crippen MR) is 115 cm³/mol. The maximum Gasteiger partial charge on any atom is 0.271 e. The largest absolute Gasteiger partial charge is 0.507 e. The number of carbonyl (C=O) groups excluding carboxylic acids is 1. The van der Waals surface area contributed by atoms with Crippen LogP contribution in [0, 0.1) is 10.1 Å². The van der Waals surface area contributed by atoms with Gasteiger partial charge in [0.1, 0.15) is 11.3 Å². The quantitative estimate of drug-likeness (QED) is 0.193. The van der Waals surface area contributed by atoms with Gasteiger partial charge in [-0.25, -0.2) is 4.98 Å². The number of imidazole rings is 1. The minimum Gasteiger partial charge on any atom is -0.507 e. The number of hydrogen-bond acceptors (Lipinski definition) is 6. The van der Waals surface area contributed by atoms with Gasteiger partial charge in [0.15, 0.2) is 5.82 Å². The van der Waals surface area contributed by atoms with E-state index in [1.165, 1.54) is 36.4 Å². The number of anilines is 1. The molecule has 0 radical (unpaired) electrons. The highest BCUT2D eigenvalue weighted by Gasteiger charge is 2.15. The van der Waals surface area contributed by atoms with Crippen molar-refractivity contribution in [3.8, 4) is 17.1 Å². The van der Waals surface area contributed by atoms with Crippen molar-refractivity contribution < 1.29 is 20.0 Å². The number of non-ortho nitro benzene ring substituents is 1. The van der Waals surface area contributed by atoms with Crippen molar-refractivity contribution in [1.29, 1.82) is 0 Å². The second-order valence-electron chi connectivity index (χ2n) is 6.64. The highest BCUT2D eigenvalue weighted by atomic mass is 16.6. The van der Waals surface area contributed by atoms with Gasteiger partial charge in [-0.1, -0.05) is 18.2 Å². The van der Waals surface area contributed by atoms with Crippen LogP contribution in [0.15, 0.2) is 72.8 Å². The number of benzene rings is 3. The molecule has 1 aromatic heterocycles. The van der Waals surface area contributed by atoms with Gasteiger partial charge in [0, 0.05) is 35.0 Å². The summed E-state index contributed by atoms with van der Waals surface area (Å²) >= 11 is 0. The lowest BCUT2D eigenvalue weighted by Crippen LogP contribution is -2.07. The molecule has 1 amide bonds. The number of aromatic hydroxyl groups is 1. The molecule has 31 heavy (non-hydrogen) atoms. The number of phenols is 1. The number of hydrogen-bond donors (Lipinski definition) is 3. The van der Waals surface area contributed by atoms with Crippen molar-refractivity contribution in [2.24, 2.45) is 0 Å². The van der Waals surface area contributed by atoms with E-state index in [9.17, 15) is 25.2 Å². The first-order valence-corrected chi connectivity index (χ1v) is 9.16. The summed E-state index contributed by atoms with van der Waals surface area (Å²) in [6, 6.07) is 17.3. The van der Waals surface area contributed by atoms with Gasteiger partial charge < -0.3 is 15.6 Å². The van der Waals surface area contributed by atoms with Crippen molar-refractivity contribution in [1.82, 2.24) is 9.71 Å². The molecule has 0 atom stereocenters. The third-order valence-corrected chi connectivity index (χ3v) is 4.59. The Kier molecular flexibility index (Phi) is 5.07. The van der Waals surface area contributed by atoms with Crippen LogP contribution in [0.5, 0.6) is 5.75 Å². The Morgan fingerprint density at radius 2 is 1.84 bits per heavy atom. The number of aromatic nitrogens is 2. The Labute approximate surface area is 175 Å². The molecular weight excluding hydrogens is 400 g/mol. The Bertz CT molecular complexity index is 1330. The molecule has 0 aliphatic rings. The van der Waals surface area contributed by atoms with Crippen molar-refractivity contribution >= 4 is 34.4 Å². The number of nitro benzene ring substituents is 1. The minimum absolute atomic E-state index is 0.0770. The molecule has 0 aliphatic heterocycles. The summed E-state index contributed by atoms with van der Waals surface area (Å²) in [6.07, 6.45) is 2.81. The third-order valence-electron chi connectivity index (χ3n) is 4.59. The molecule has 4 rings (SSSR count). The van der Waals surface area contributed by atoms with E-state index in [0.29, 0.717) is 22.3 Å². The Balaban J connectivity index is 1.52. The molecule has 4 aromatic rings. The van der Waals surface area contributed by atoms with E-state index in [1.54, 1.807) is 42.5 Å². The van der Waals surface area contributed by atoms with E-state index in [4.69, 9.17) is 0 Å². The Morgan fingerprint density at radius 1 is 1.10 bits per heavy atom. The van der Waals surface area contributed by atoms with Gasteiger partial charge in [-0.2, -0.15) is 4.73 Å². The molecule has 0 bridgehead atoms. The van der Waals surface area contributed by atoms with Gasteiger partial charge in [-0.05, 0) is 42.5 Å². The van der Waals surface area contributed by atoms with Gasteiger partial charge in [0.25, 0.3) is 5.69 Å². The van der Waals surface area contributed by atoms with Gasteiger partial charge >= 0.3 is 0 Å². The van der Waals surface area contributed by atoms with Crippen LogP contribution in [-0.4, -0.2) is 30.9 Å². The number of amides is 1. The SMILES string of the molecule is O=C(C=Cc1ccccc1O)Nc1ccc(-c2nc3ccc([N+](=O)[O-])cc3n2O)cc1. The lowest BCUT2D eigenvalue weighted by atomic mass is 10.2. The fraction of sp³-hybridized carbons (Fsp3) is 0. The number of rotatable bonds is 5. The molecule has 3 aromatic carbocycles. The summed E-state index contributed by atoms with van der Waals surface area (Å²) in [5.41, 5.74) is 2.08. The van der Waals surface area contributed by atoms with Crippen LogP contribution in [0.25, 0.3) is 28.5 Å². The average molecular weight is 416 g/mol. The second-order valence-corrected chi connectivity index (χ2v) is 6.64. The van der Waals surface area contributed by atoms with Crippen LogP contribution in [0.3, 0.4) is 0 Å². The summed E-state index contributed by atoms with van der Waals surface area (Å²) in [7, 11) is 0. The van der Waals surface area contributed by atoms with E-state index in [0.717, 1.165) is 4.73 Å². The fourth-order valence-electron chi connectivity index (χ4n) is 3.03. The first kappa shape index (κ1) is 19.6. The minimum atomic E-state index is -0.544. The summed E-state index contributed by atoms with van der Waals surface area (Å²) < 4.78 is 0.797. The highest BCUT2D eigenvalue weighted by molar-refractivity contribution is 6.02. The second kappa shape index (κ2) is 7.99. The van der Waals surface area contributed by atoms with Crippen molar-refractivity contribution in [3.63, 3.8) is 0 Å². The van der Waals surface area contributed by atoms with Crippen LogP contribution in [0.1, 0.15) is 5.56 Å². The Hall–Kier alpha value is -4.66. The summed E-state index contributed by atoms with van der Waals surface area (Å²) in [6.45, 7) is 0. The molecule has 9 heteroatoms. The molecule has 0 unspecified atom stereocenters. The summed E-state index contributed by atoms with van der Waals surface area (Å²) in [5, 5.41) is 33.8. The van der Waals surface area contributed by atoms with Gasteiger partial charge in [0.05, 0.1) is 10.4 Å². The number of carbonyl (C=O) groups is 1. The van der Waals surface area contributed by atoms with Gasteiger partial charge in [-0.3, -0.25) is 14.9 Å². The lowest BCUT2D eigenvalue weighted by molar-refractivity contribution is -0.384. The normalized spacial score (nSPS) is 11.1. The molecule has 154 valence electrons. The number of nitro groups is 1. The molecule has 1 heterocycles. The number of nitrogens with zero attached hydrogens (tertiary/aromatic N) is 3. The maximum atomic E-state index is 12.1. The molecular formula is C22H16N4O5. The lowest BCUT2D eigenvalue weighted by Gasteiger charge is -2.05. The monoisotopic (exact) mass is 416 g/mol. The molecule has 9 nitrogen and oxygen atoms in total.